The van der Waals surface area contributed by atoms with E-state index in [1.165, 1.54) is 18.2 Å². The van der Waals surface area contributed by atoms with Gasteiger partial charge >= 0.3 is 6.36 Å². The molecule has 0 spiro atoms. The summed E-state index contributed by atoms with van der Waals surface area (Å²) in [6.07, 6.45) is -4.69. The second kappa shape index (κ2) is 6.22. The summed E-state index contributed by atoms with van der Waals surface area (Å²) in [6, 6.07) is 9.20. The number of nitrogens with zero attached hydrogens (tertiary/aromatic N) is 1. The molecule has 0 aliphatic rings. The summed E-state index contributed by atoms with van der Waals surface area (Å²) < 4.78 is 40.3. The van der Waals surface area contributed by atoms with Crippen LogP contribution in [0, 0.1) is 6.92 Å². The zero-order valence-electron chi connectivity index (χ0n) is 11.0. The van der Waals surface area contributed by atoms with Gasteiger partial charge in [0.2, 0.25) is 0 Å². The van der Waals surface area contributed by atoms with Crippen molar-refractivity contribution in [2.24, 2.45) is 0 Å². The third-order valence-electron chi connectivity index (χ3n) is 2.67. The molecule has 0 bridgehead atoms. The van der Waals surface area contributed by atoms with Gasteiger partial charge in [-0.25, -0.2) is 4.98 Å². The molecule has 0 fully saturated rings. The summed E-state index contributed by atoms with van der Waals surface area (Å²) in [5.74, 6) is -0.243. The first-order valence-corrected chi connectivity index (χ1v) is 6.43. The van der Waals surface area contributed by atoms with Crippen molar-refractivity contribution in [2.75, 3.05) is 5.32 Å². The lowest BCUT2D eigenvalue weighted by Crippen LogP contribution is -2.17. The molecule has 1 heterocycles. The fraction of sp³-hybridized carbons (Fsp3) is 0.214. The third-order valence-corrected chi connectivity index (χ3v) is 2.88. The number of aromatic nitrogens is 1. The zero-order valence-corrected chi connectivity index (χ0v) is 11.8. The Morgan fingerprint density at radius 3 is 2.67 bits per heavy atom. The quantitative estimate of drug-likeness (QED) is 0.840. The molecular weight excluding hydrogens is 305 g/mol. The van der Waals surface area contributed by atoms with E-state index in [0.717, 1.165) is 5.69 Å². The minimum absolute atomic E-state index is 0.243. The van der Waals surface area contributed by atoms with Crippen LogP contribution in [0.4, 0.5) is 18.9 Å². The van der Waals surface area contributed by atoms with Crippen molar-refractivity contribution in [1.29, 1.82) is 0 Å². The molecule has 21 heavy (non-hydrogen) atoms. The molecule has 0 atom stereocenters. The Morgan fingerprint density at radius 1 is 1.24 bits per heavy atom. The molecule has 0 aliphatic heterocycles. The summed E-state index contributed by atoms with van der Waals surface area (Å²) in [7, 11) is 0. The van der Waals surface area contributed by atoms with Gasteiger partial charge in [-0.2, -0.15) is 0 Å². The van der Waals surface area contributed by atoms with Crippen molar-refractivity contribution < 1.29 is 17.9 Å². The van der Waals surface area contributed by atoms with Crippen LogP contribution in [-0.2, 0) is 6.54 Å². The molecular formula is C14H12ClF3N2O. The summed E-state index contributed by atoms with van der Waals surface area (Å²) in [4.78, 5) is 4.08. The minimum atomic E-state index is -4.69. The van der Waals surface area contributed by atoms with Crippen molar-refractivity contribution in [3.8, 4) is 5.75 Å². The van der Waals surface area contributed by atoms with Gasteiger partial charge in [-0.3, -0.25) is 0 Å². The van der Waals surface area contributed by atoms with Gasteiger partial charge in [0.1, 0.15) is 10.9 Å². The molecule has 1 N–H and O–H groups in total. The lowest BCUT2D eigenvalue weighted by atomic mass is 10.2. The fourth-order valence-electron chi connectivity index (χ4n) is 1.77. The van der Waals surface area contributed by atoms with Gasteiger partial charge in [-0.05, 0) is 36.8 Å². The van der Waals surface area contributed by atoms with Gasteiger partial charge < -0.3 is 10.1 Å². The maximum Gasteiger partial charge on any atom is 0.573 e. The lowest BCUT2D eigenvalue weighted by Gasteiger charge is -2.12. The van der Waals surface area contributed by atoms with Crippen LogP contribution >= 0.6 is 11.6 Å². The van der Waals surface area contributed by atoms with Gasteiger partial charge in [0, 0.05) is 6.54 Å². The monoisotopic (exact) mass is 316 g/mol. The van der Waals surface area contributed by atoms with E-state index in [1.807, 2.05) is 0 Å². The third kappa shape index (κ3) is 4.82. The lowest BCUT2D eigenvalue weighted by molar-refractivity contribution is -0.274. The number of hydrogen-bond acceptors (Lipinski definition) is 3. The number of alkyl halides is 3. The van der Waals surface area contributed by atoms with Crippen LogP contribution in [0.1, 0.15) is 11.3 Å². The predicted molar refractivity (Wildman–Crippen MR) is 74.4 cm³/mol. The summed E-state index contributed by atoms with van der Waals surface area (Å²) in [6.45, 7) is 2.14. The molecule has 2 rings (SSSR count). The first-order chi connectivity index (χ1) is 9.83. The van der Waals surface area contributed by atoms with Gasteiger partial charge in [-0.15, -0.1) is 13.2 Å². The second-order valence-electron chi connectivity index (χ2n) is 4.32. The Bertz CT molecular complexity index is 632. The molecule has 112 valence electrons. The van der Waals surface area contributed by atoms with E-state index in [0.29, 0.717) is 23.0 Å². The second-order valence-corrected chi connectivity index (χ2v) is 4.70. The molecule has 0 unspecified atom stereocenters. The molecule has 0 saturated carbocycles. The Kier molecular flexibility index (Phi) is 4.57. The number of nitrogens with one attached hydrogen (secondary N) is 1. The SMILES string of the molecule is Cc1nc(Cl)ccc1NCc1cccc(OC(F)(F)F)c1. The highest BCUT2D eigenvalue weighted by atomic mass is 35.5. The minimum Gasteiger partial charge on any atom is -0.406 e. The number of anilines is 1. The van der Waals surface area contributed by atoms with Gasteiger partial charge in [0.25, 0.3) is 0 Å². The van der Waals surface area contributed by atoms with Crippen molar-refractivity contribution >= 4 is 17.3 Å². The van der Waals surface area contributed by atoms with Crippen LogP contribution in [-0.4, -0.2) is 11.3 Å². The maximum atomic E-state index is 12.2. The molecule has 0 amide bonds. The molecule has 7 heteroatoms. The van der Waals surface area contributed by atoms with Gasteiger partial charge in [0.15, 0.2) is 0 Å². The maximum absolute atomic E-state index is 12.2. The zero-order chi connectivity index (χ0) is 15.5. The summed E-state index contributed by atoms with van der Waals surface area (Å²) >= 11 is 5.75. The van der Waals surface area contributed by atoms with E-state index in [-0.39, 0.29) is 5.75 Å². The van der Waals surface area contributed by atoms with Crippen LogP contribution in [0.5, 0.6) is 5.75 Å². The molecule has 0 saturated heterocycles. The van der Waals surface area contributed by atoms with E-state index in [1.54, 1.807) is 25.1 Å². The Balaban J connectivity index is 2.05. The average Bonchev–Trinajstić information content (AvgIpc) is 2.36. The normalized spacial score (nSPS) is 11.3. The first-order valence-electron chi connectivity index (χ1n) is 6.05. The summed E-state index contributed by atoms with van der Waals surface area (Å²) in [5.41, 5.74) is 2.14. The van der Waals surface area contributed by atoms with E-state index < -0.39 is 6.36 Å². The van der Waals surface area contributed by atoms with Crippen LogP contribution < -0.4 is 10.1 Å². The predicted octanol–water partition coefficient (Wildman–Crippen LogP) is 4.55. The smallest absolute Gasteiger partial charge is 0.406 e. The molecule has 2 aromatic rings. The van der Waals surface area contributed by atoms with Crippen molar-refractivity contribution in [3.05, 3.63) is 52.8 Å². The summed E-state index contributed by atoms with van der Waals surface area (Å²) in [5, 5.41) is 3.48. The number of hydrogen-bond donors (Lipinski definition) is 1. The van der Waals surface area contributed by atoms with Crippen LogP contribution in [0.3, 0.4) is 0 Å². The topological polar surface area (TPSA) is 34.2 Å². The number of rotatable bonds is 4. The average molecular weight is 317 g/mol. The standard InChI is InChI=1S/C14H12ClF3N2O/c1-9-12(5-6-13(15)20-9)19-8-10-3-2-4-11(7-10)21-14(16,17)18/h2-7,19H,8H2,1H3. The number of aryl methyl sites for hydroxylation is 1. The Morgan fingerprint density at radius 2 is 2.00 bits per heavy atom. The molecule has 0 radical (unpaired) electrons. The van der Waals surface area contributed by atoms with Gasteiger partial charge in [-0.1, -0.05) is 23.7 Å². The van der Waals surface area contributed by atoms with E-state index >= 15 is 0 Å². The molecule has 1 aromatic carbocycles. The highest BCUT2D eigenvalue weighted by Crippen LogP contribution is 2.24. The Labute approximate surface area is 124 Å². The molecule has 1 aromatic heterocycles. The van der Waals surface area contributed by atoms with Crippen LogP contribution in [0.25, 0.3) is 0 Å². The fourth-order valence-corrected chi connectivity index (χ4v) is 1.96. The highest BCUT2D eigenvalue weighted by molar-refractivity contribution is 6.29. The number of halogens is 4. The van der Waals surface area contributed by atoms with E-state index in [2.05, 4.69) is 15.0 Å². The Hall–Kier alpha value is -1.95. The van der Waals surface area contributed by atoms with Crippen molar-refractivity contribution in [3.63, 3.8) is 0 Å². The molecule has 0 aliphatic carbocycles. The van der Waals surface area contributed by atoms with Crippen LogP contribution in [0.15, 0.2) is 36.4 Å². The largest absolute Gasteiger partial charge is 0.573 e. The van der Waals surface area contributed by atoms with Crippen molar-refractivity contribution in [2.45, 2.75) is 19.8 Å². The number of ether oxygens (including phenoxy) is 1. The van der Waals surface area contributed by atoms with E-state index in [9.17, 15) is 13.2 Å². The van der Waals surface area contributed by atoms with Gasteiger partial charge in [0.05, 0.1) is 11.4 Å². The number of pyridine rings is 1. The highest BCUT2D eigenvalue weighted by Gasteiger charge is 2.31. The molecule has 3 nitrogen and oxygen atoms in total. The van der Waals surface area contributed by atoms with E-state index in [4.69, 9.17) is 11.6 Å². The first kappa shape index (κ1) is 15.4. The van der Waals surface area contributed by atoms with Crippen LogP contribution in [0.2, 0.25) is 5.15 Å². The van der Waals surface area contributed by atoms with Crippen molar-refractivity contribution in [1.82, 2.24) is 4.98 Å². The number of benzene rings is 1.